The van der Waals surface area contributed by atoms with Gasteiger partial charge in [-0.15, -0.1) is 0 Å². The molecule has 1 unspecified atom stereocenters. The van der Waals surface area contributed by atoms with Gasteiger partial charge in [-0.1, -0.05) is 33.1 Å². The van der Waals surface area contributed by atoms with E-state index < -0.39 is 0 Å². The van der Waals surface area contributed by atoms with Gasteiger partial charge < -0.3 is 11.1 Å². The molecule has 0 aromatic carbocycles. The van der Waals surface area contributed by atoms with Crippen LogP contribution in [0.1, 0.15) is 58.8 Å². The lowest BCUT2D eigenvalue weighted by Crippen LogP contribution is -2.47. The lowest BCUT2D eigenvalue weighted by molar-refractivity contribution is -0.123. The van der Waals surface area contributed by atoms with Gasteiger partial charge in [0.1, 0.15) is 0 Å². The van der Waals surface area contributed by atoms with Crippen molar-refractivity contribution in [2.24, 2.45) is 11.1 Å². The highest BCUT2D eigenvalue weighted by Crippen LogP contribution is 2.44. The predicted octanol–water partition coefficient (Wildman–Crippen LogP) is 2.20. The highest BCUT2D eigenvalue weighted by Gasteiger charge is 2.36. The zero-order valence-corrected chi connectivity index (χ0v) is 10.7. The van der Waals surface area contributed by atoms with Crippen molar-refractivity contribution >= 4 is 5.91 Å². The topological polar surface area (TPSA) is 55.1 Å². The number of nitrogens with one attached hydrogen (secondary N) is 1. The van der Waals surface area contributed by atoms with Gasteiger partial charge in [-0.05, 0) is 31.1 Å². The van der Waals surface area contributed by atoms with E-state index in [0.29, 0.717) is 5.41 Å². The highest BCUT2D eigenvalue weighted by molar-refractivity contribution is 5.81. The Hall–Kier alpha value is -0.570. The summed E-state index contributed by atoms with van der Waals surface area (Å²) in [6, 6.07) is -0.316. The molecular formula is C13H26N2O. The van der Waals surface area contributed by atoms with E-state index >= 15 is 0 Å². The summed E-state index contributed by atoms with van der Waals surface area (Å²) < 4.78 is 0. The third-order valence-electron chi connectivity index (χ3n) is 3.77. The minimum atomic E-state index is -0.316. The smallest absolute Gasteiger partial charge is 0.236 e. The molecular weight excluding hydrogens is 200 g/mol. The van der Waals surface area contributed by atoms with Gasteiger partial charge in [-0.2, -0.15) is 0 Å². The first-order valence-electron chi connectivity index (χ1n) is 6.67. The number of rotatable bonds is 7. The molecule has 0 saturated heterocycles. The number of carbonyl (C=O) groups is 1. The predicted molar refractivity (Wildman–Crippen MR) is 67.1 cm³/mol. The fourth-order valence-electron chi connectivity index (χ4n) is 2.57. The Balaban J connectivity index is 2.29. The minimum absolute atomic E-state index is 0.0317. The maximum Gasteiger partial charge on any atom is 0.236 e. The van der Waals surface area contributed by atoms with Crippen molar-refractivity contribution in [1.29, 1.82) is 0 Å². The van der Waals surface area contributed by atoms with Gasteiger partial charge in [0.25, 0.3) is 0 Å². The Labute approximate surface area is 99.2 Å². The van der Waals surface area contributed by atoms with Crippen LogP contribution in [0.25, 0.3) is 0 Å². The van der Waals surface area contributed by atoms with Crippen molar-refractivity contribution in [3.63, 3.8) is 0 Å². The molecule has 3 nitrogen and oxygen atoms in total. The van der Waals surface area contributed by atoms with Crippen LogP contribution in [0.3, 0.4) is 0 Å². The number of carbonyl (C=O) groups excluding carboxylic acids is 1. The first kappa shape index (κ1) is 13.5. The fourth-order valence-corrected chi connectivity index (χ4v) is 2.57. The molecule has 1 aliphatic rings. The minimum Gasteiger partial charge on any atom is -0.354 e. The SMILES string of the molecule is CCCC(N)C(=O)NCC1(CCC)CCC1. The van der Waals surface area contributed by atoms with E-state index in [0.717, 1.165) is 19.4 Å². The third kappa shape index (κ3) is 3.48. The molecule has 1 aliphatic carbocycles. The normalized spacial score (nSPS) is 19.9. The van der Waals surface area contributed by atoms with E-state index in [-0.39, 0.29) is 11.9 Å². The van der Waals surface area contributed by atoms with Crippen LogP contribution >= 0.6 is 0 Å². The van der Waals surface area contributed by atoms with E-state index in [1.54, 1.807) is 0 Å². The molecule has 0 aliphatic heterocycles. The van der Waals surface area contributed by atoms with Crippen molar-refractivity contribution < 1.29 is 4.79 Å². The Morgan fingerprint density at radius 1 is 1.38 bits per heavy atom. The average molecular weight is 226 g/mol. The van der Waals surface area contributed by atoms with E-state index in [1.807, 2.05) is 0 Å². The monoisotopic (exact) mass is 226 g/mol. The quantitative estimate of drug-likeness (QED) is 0.699. The first-order chi connectivity index (χ1) is 7.63. The number of hydrogen-bond donors (Lipinski definition) is 2. The largest absolute Gasteiger partial charge is 0.354 e. The van der Waals surface area contributed by atoms with E-state index in [4.69, 9.17) is 5.73 Å². The fraction of sp³-hybridized carbons (Fsp3) is 0.923. The molecule has 0 bridgehead atoms. The van der Waals surface area contributed by atoms with Gasteiger partial charge in [-0.25, -0.2) is 0 Å². The molecule has 1 fully saturated rings. The van der Waals surface area contributed by atoms with Crippen molar-refractivity contribution in [2.45, 2.75) is 64.8 Å². The van der Waals surface area contributed by atoms with Gasteiger partial charge >= 0.3 is 0 Å². The average Bonchev–Trinajstić information content (AvgIpc) is 2.21. The van der Waals surface area contributed by atoms with Gasteiger partial charge in [0.05, 0.1) is 6.04 Å². The molecule has 3 N–H and O–H groups in total. The van der Waals surface area contributed by atoms with Crippen LogP contribution in [0.4, 0.5) is 0 Å². The number of amides is 1. The lowest BCUT2D eigenvalue weighted by Gasteiger charge is -2.42. The Morgan fingerprint density at radius 2 is 2.06 bits per heavy atom. The zero-order valence-electron chi connectivity index (χ0n) is 10.7. The zero-order chi connectivity index (χ0) is 12.0. The van der Waals surface area contributed by atoms with E-state index in [2.05, 4.69) is 19.2 Å². The molecule has 0 heterocycles. The third-order valence-corrected chi connectivity index (χ3v) is 3.77. The van der Waals surface area contributed by atoms with Gasteiger partial charge in [0.2, 0.25) is 5.91 Å². The summed E-state index contributed by atoms with van der Waals surface area (Å²) >= 11 is 0. The van der Waals surface area contributed by atoms with Gasteiger partial charge in [-0.3, -0.25) is 4.79 Å². The number of hydrogen-bond acceptors (Lipinski definition) is 2. The molecule has 1 saturated carbocycles. The molecule has 0 radical (unpaired) electrons. The molecule has 0 spiro atoms. The number of nitrogens with two attached hydrogens (primary N) is 1. The van der Waals surface area contributed by atoms with Crippen LogP contribution < -0.4 is 11.1 Å². The second-order valence-electron chi connectivity index (χ2n) is 5.22. The lowest BCUT2D eigenvalue weighted by atomic mass is 9.66. The van der Waals surface area contributed by atoms with Crippen molar-refractivity contribution in [2.75, 3.05) is 6.54 Å². The molecule has 1 amide bonds. The van der Waals surface area contributed by atoms with Crippen molar-refractivity contribution in [3.8, 4) is 0 Å². The summed E-state index contributed by atoms with van der Waals surface area (Å²) in [5, 5.41) is 3.03. The summed E-state index contributed by atoms with van der Waals surface area (Å²) in [5.74, 6) is 0.0317. The standard InChI is InChI=1S/C13H26N2O/c1-3-6-11(14)12(16)15-10-13(7-4-2)8-5-9-13/h11H,3-10,14H2,1-2H3,(H,15,16). The van der Waals surface area contributed by atoms with Crippen LogP contribution in [0.5, 0.6) is 0 Å². The Bertz CT molecular complexity index is 224. The summed E-state index contributed by atoms with van der Waals surface area (Å²) in [6.07, 6.45) is 8.04. The Kier molecular flexibility index (Phi) is 5.26. The molecule has 0 aromatic rings. The molecule has 16 heavy (non-hydrogen) atoms. The van der Waals surface area contributed by atoms with Crippen LogP contribution in [0.2, 0.25) is 0 Å². The van der Waals surface area contributed by atoms with Gasteiger partial charge in [0.15, 0.2) is 0 Å². The van der Waals surface area contributed by atoms with Crippen molar-refractivity contribution in [3.05, 3.63) is 0 Å². The van der Waals surface area contributed by atoms with Crippen LogP contribution in [-0.4, -0.2) is 18.5 Å². The Morgan fingerprint density at radius 3 is 2.50 bits per heavy atom. The maximum absolute atomic E-state index is 11.7. The van der Waals surface area contributed by atoms with Crippen LogP contribution in [-0.2, 0) is 4.79 Å². The summed E-state index contributed by atoms with van der Waals surface area (Å²) in [5.41, 5.74) is 6.18. The van der Waals surface area contributed by atoms with E-state index in [1.165, 1.54) is 32.1 Å². The second kappa shape index (κ2) is 6.24. The molecule has 94 valence electrons. The van der Waals surface area contributed by atoms with Gasteiger partial charge in [0, 0.05) is 6.54 Å². The molecule has 1 rings (SSSR count). The first-order valence-corrected chi connectivity index (χ1v) is 6.67. The van der Waals surface area contributed by atoms with Crippen molar-refractivity contribution in [1.82, 2.24) is 5.32 Å². The summed E-state index contributed by atoms with van der Waals surface area (Å²) in [6.45, 7) is 5.10. The van der Waals surface area contributed by atoms with Crippen LogP contribution in [0.15, 0.2) is 0 Å². The highest BCUT2D eigenvalue weighted by atomic mass is 16.2. The molecule has 0 aromatic heterocycles. The second-order valence-corrected chi connectivity index (χ2v) is 5.22. The molecule has 1 atom stereocenters. The molecule has 3 heteroatoms. The van der Waals surface area contributed by atoms with E-state index in [9.17, 15) is 4.79 Å². The van der Waals surface area contributed by atoms with Crippen LogP contribution in [0, 0.1) is 5.41 Å². The summed E-state index contributed by atoms with van der Waals surface area (Å²) in [4.78, 5) is 11.7. The summed E-state index contributed by atoms with van der Waals surface area (Å²) in [7, 11) is 0. The maximum atomic E-state index is 11.7.